The van der Waals surface area contributed by atoms with E-state index >= 15 is 0 Å². The average molecular weight is 322 g/mol. The summed E-state index contributed by atoms with van der Waals surface area (Å²) in [5.74, 6) is 0.374. The molecule has 0 N–H and O–H groups in total. The van der Waals surface area contributed by atoms with Gasteiger partial charge in [0.05, 0.1) is 0 Å². The van der Waals surface area contributed by atoms with Crippen LogP contribution in [0.5, 0.6) is 0 Å². The van der Waals surface area contributed by atoms with E-state index in [-0.39, 0.29) is 9.73 Å². The van der Waals surface area contributed by atoms with Gasteiger partial charge in [0.2, 0.25) is 0 Å². The monoisotopic (exact) mass is 322 g/mol. The van der Waals surface area contributed by atoms with Crippen molar-refractivity contribution < 1.29 is 9.18 Å². The number of carbonyl (C=O) groups is 1. The Balaban J connectivity index is 2.61. The van der Waals surface area contributed by atoms with Crippen LogP contribution in [0.15, 0.2) is 6.07 Å². The first-order chi connectivity index (χ1) is 7.06. The van der Waals surface area contributed by atoms with E-state index in [9.17, 15) is 9.18 Å². The molecule has 0 fully saturated rings. The van der Waals surface area contributed by atoms with E-state index in [1.165, 1.54) is 6.07 Å². The molecule has 0 unspecified atom stereocenters. The molecule has 1 aromatic heterocycles. The molecular weight excluding hydrogens is 310 g/mol. The number of hydrogen-bond acceptors (Lipinski definition) is 2. The maximum atomic E-state index is 13.4. The van der Waals surface area contributed by atoms with Crippen molar-refractivity contribution in [3.05, 3.63) is 21.1 Å². The van der Waals surface area contributed by atoms with Crippen LogP contribution in [0.2, 0.25) is 0 Å². The van der Waals surface area contributed by atoms with Crippen LogP contribution >= 0.6 is 19.8 Å². The van der Waals surface area contributed by atoms with Gasteiger partial charge in [-0.05, 0) is 0 Å². The fraction of sp³-hybridized carbons (Fsp3) is 0.400. The number of anilines is 1. The third-order valence-corrected chi connectivity index (χ3v) is 7.94. The Morgan fingerprint density at radius 3 is 2.87 bits per heavy atom. The first-order valence-electron chi connectivity index (χ1n) is 4.66. The topological polar surface area (TPSA) is 33.2 Å². The Morgan fingerprint density at radius 1 is 1.60 bits per heavy atom. The molecule has 1 amide bonds. The molecule has 82 valence electrons. The first kappa shape index (κ1) is 10.8. The summed E-state index contributed by atoms with van der Waals surface area (Å²) in [5, 5.41) is 0. The van der Waals surface area contributed by atoms with Gasteiger partial charge in [0.25, 0.3) is 0 Å². The van der Waals surface area contributed by atoms with Gasteiger partial charge in [-0.25, -0.2) is 0 Å². The van der Waals surface area contributed by atoms with Crippen LogP contribution in [-0.2, 0) is 0 Å². The van der Waals surface area contributed by atoms with Crippen molar-refractivity contribution in [2.75, 3.05) is 16.4 Å². The van der Waals surface area contributed by atoms with Crippen LogP contribution in [0.3, 0.4) is 0 Å². The molecule has 3 nitrogen and oxygen atoms in total. The zero-order valence-corrected chi connectivity index (χ0v) is 11.0. The molecule has 0 spiro atoms. The number of aryl methyl sites for hydroxylation is 1. The second-order valence-electron chi connectivity index (χ2n) is 3.30. The summed E-state index contributed by atoms with van der Waals surface area (Å²) in [6.45, 7) is 3.61. The average Bonchev–Trinajstić information content (AvgIpc) is 2.42. The molecule has 0 aliphatic carbocycles. The Labute approximate surface area is 95.1 Å². The number of carbonyl (C=O) groups excluding carboxylic acids is 1. The predicted molar refractivity (Wildman–Crippen MR) is 66.0 cm³/mol. The van der Waals surface area contributed by atoms with Gasteiger partial charge in [-0.2, -0.15) is 0 Å². The molecule has 2 rings (SSSR count). The summed E-state index contributed by atoms with van der Waals surface area (Å²) in [6.07, 6.45) is 0. The Hall–Kier alpha value is -0.720. The van der Waals surface area contributed by atoms with Gasteiger partial charge in [-0.1, -0.05) is 0 Å². The van der Waals surface area contributed by atoms with E-state index < -0.39 is 19.8 Å². The van der Waals surface area contributed by atoms with Crippen molar-refractivity contribution in [3.63, 3.8) is 0 Å². The van der Waals surface area contributed by atoms with Crippen molar-refractivity contribution in [1.82, 2.24) is 4.98 Å². The van der Waals surface area contributed by atoms with Crippen LogP contribution in [0.4, 0.5) is 15.0 Å². The number of aromatic nitrogens is 1. The predicted octanol–water partition coefficient (Wildman–Crippen LogP) is 2.79. The number of nitrogens with zero attached hydrogens (tertiary/aromatic N) is 2. The van der Waals surface area contributed by atoms with Gasteiger partial charge < -0.3 is 0 Å². The maximum absolute atomic E-state index is 13.4. The van der Waals surface area contributed by atoms with Gasteiger partial charge >= 0.3 is 95.1 Å². The van der Waals surface area contributed by atoms with E-state index in [4.69, 9.17) is 0 Å². The molecule has 5 heteroatoms. The molecule has 0 atom stereocenters. The van der Waals surface area contributed by atoms with Gasteiger partial charge in [0.15, 0.2) is 0 Å². The summed E-state index contributed by atoms with van der Waals surface area (Å²) < 4.78 is 15.2. The first-order valence-corrected chi connectivity index (χ1v) is 8.35. The number of fused-ring (bicyclic) bond motifs is 1. The van der Waals surface area contributed by atoms with E-state index in [1.807, 2.05) is 6.92 Å². The summed E-state index contributed by atoms with van der Waals surface area (Å²) in [6, 6.07) is 1.51. The quantitative estimate of drug-likeness (QED) is 0.345. The van der Waals surface area contributed by atoms with Crippen molar-refractivity contribution in [2.45, 2.75) is 13.8 Å². The number of amides is 1. The molecule has 0 saturated heterocycles. The van der Waals surface area contributed by atoms with Crippen molar-refractivity contribution in [1.29, 1.82) is 0 Å². The van der Waals surface area contributed by atoms with Crippen LogP contribution in [0.25, 0.3) is 0 Å². The van der Waals surface area contributed by atoms with E-state index in [2.05, 4.69) is 4.98 Å². The van der Waals surface area contributed by atoms with Crippen molar-refractivity contribution in [3.8, 4) is 0 Å². The molecule has 15 heavy (non-hydrogen) atoms. The molecule has 0 saturated carbocycles. The minimum absolute atomic E-state index is 0.161. The number of halogens is 2. The summed E-state index contributed by atoms with van der Waals surface area (Å²) in [4.78, 5) is 17.6. The van der Waals surface area contributed by atoms with Gasteiger partial charge in [-0.15, -0.1) is 0 Å². The van der Waals surface area contributed by atoms with Crippen molar-refractivity contribution >= 4 is 29.6 Å². The number of rotatable bonds is 1. The summed E-state index contributed by atoms with van der Waals surface area (Å²) in [7, 11) is 1.72. The fourth-order valence-corrected chi connectivity index (χ4v) is 6.32. The van der Waals surface area contributed by atoms with Gasteiger partial charge in [-0.3, -0.25) is 0 Å². The minimum atomic E-state index is -1.86. The third-order valence-electron chi connectivity index (χ3n) is 2.38. The van der Waals surface area contributed by atoms with E-state index in [0.717, 1.165) is 8.00 Å². The van der Waals surface area contributed by atoms with Gasteiger partial charge in [0.1, 0.15) is 0 Å². The molecular formula is C10H12FIN2O. The van der Waals surface area contributed by atoms with Crippen LogP contribution < -0.4 is 4.90 Å². The molecule has 1 aliphatic heterocycles. The van der Waals surface area contributed by atoms with Crippen molar-refractivity contribution in [2.24, 2.45) is 0 Å². The van der Waals surface area contributed by atoms with E-state index in [1.54, 1.807) is 18.9 Å². The molecule has 0 aromatic carbocycles. The second-order valence-corrected chi connectivity index (χ2v) is 8.98. The normalized spacial score (nSPS) is 17.2. The zero-order chi connectivity index (χ0) is 11.2. The SMILES string of the molecule is CCI1C(=O)N(C)c2nc(C)c(F)cc21. The van der Waals surface area contributed by atoms with Crippen LogP contribution in [0, 0.1) is 16.3 Å². The molecule has 1 aromatic rings. The standard InChI is InChI=1S/C10H12FIN2O/c1-4-12-8-5-7(11)6(2)13-9(8)14(3)10(12)15/h5H,4H2,1-3H3. The summed E-state index contributed by atoms with van der Waals surface area (Å²) in [5.41, 5.74) is 0.363. The number of alkyl halides is 1. The van der Waals surface area contributed by atoms with Gasteiger partial charge in [0, 0.05) is 0 Å². The molecule has 2 heterocycles. The number of hydrogen-bond donors (Lipinski definition) is 0. The molecule has 0 bridgehead atoms. The van der Waals surface area contributed by atoms with E-state index in [0.29, 0.717) is 11.5 Å². The second kappa shape index (κ2) is 3.70. The fourth-order valence-electron chi connectivity index (χ4n) is 1.53. The Kier molecular flexibility index (Phi) is 2.66. The zero-order valence-electron chi connectivity index (χ0n) is 8.84. The molecule has 1 aliphatic rings. The Morgan fingerprint density at radius 2 is 2.27 bits per heavy atom. The number of pyridine rings is 1. The Bertz CT molecular complexity index is 436. The van der Waals surface area contributed by atoms with Crippen LogP contribution in [-0.4, -0.2) is 20.4 Å². The summed E-state index contributed by atoms with van der Waals surface area (Å²) >= 11 is -1.86. The van der Waals surface area contributed by atoms with Crippen LogP contribution in [0.1, 0.15) is 12.6 Å². The third kappa shape index (κ3) is 1.53. The molecule has 0 radical (unpaired) electrons.